The Bertz CT molecular complexity index is 1270. The number of thioether (sulfide) groups is 1. The van der Waals surface area contributed by atoms with E-state index in [4.69, 9.17) is 4.74 Å². The lowest BCUT2D eigenvalue weighted by atomic mass is 10.2. The van der Waals surface area contributed by atoms with E-state index in [-0.39, 0.29) is 17.2 Å². The minimum Gasteiger partial charge on any atom is -0.497 e. The van der Waals surface area contributed by atoms with Gasteiger partial charge in [0.1, 0.15) is 10.6 Å². The maximum Gasteiger partial charge on any atom is 0.262 e. The lowest BCUT2D eigenvalue weighted by molar-refractivity contribution is -0.113. The van der Waals surface area contributed by atoms with Gasteiger partial charge in [-0.05, 0) is 23.8 Å². The fraction of sp³-hybridized carbons (Fsp3) is 0.136. The Morgan fingerprint density at radius 1 is 1.17 bits per heavy atom. The number of thiophene rings is 1. The van der Waals surface area contributed by atoms with E-state index in [2.05, 4.69) is 10.3 Å². The second-order valence-electron chi connectivity index (χ2n) is 6.52. The van der Waals surface area contributed by atoms with Crippen LogP contribution in [0.1, 0.15) is 0 Å². The van der Waals surface area contributed by atoms with Crippen molar-refractivity contribution in [3.63, 3.8) is 0 Å². The van der Waals surface area contributed by atoms with Crippen LogP contribution >= 0.6 is 23.1 Å². The quantitative estimate of drug-likeness (QED) is 0.357. The highest BCUT2D eigenvalue weighted by molar-refractivity contribution is 7.99. The number of nitrogens with zero attached hydrogens (tertiary/aromatic N) is 2. The smallest absolute Gasteiger partial charge is 0.262 e. The number of rotatable bonds is 6. The second-order valence-corrected chi connectivity index (χ2v) is 8.50. The van der Waals surface area contributed by atoms with E-state index in [1.807, 2.05) is 48.5 Å². The molecule has 2 heterocycles. The van der Waals surface area contributed by atoms with Gasteiger partial charge in [-0.25, -0.2) is 4.98 Å². The molecule has 8 heteroatoms. The Morgan fingerprint density at radius 2 is 1.97 bits per heavy atom. The van der Waals surface area contributed by atoms with Crippen molar-refractivity contribution in [2.24, 2.45) is 7.05 Å². The van der Waals surface area contributed by atoms with Crippen LogP contribution in [0, 0.1) is 0 Å². The second kappa shape index (κ2) is 8.73. The largest absolute Gasteiger partial charge is 0.497 e. The minimum atomic E-state index is -0.182. The van der Waals surface area contributed by atoms with Crippen LogP contribution in [-0.4, -0.2) is 28.3 Å². The van der Waals surface area contributed by atoms with Crippen molar-refractivity contribution in [3.05, 3.63) is 71.0 Å². The van der Waals surface area contributed by atoms with E-state index in [9.17, 15) is 9.59 Å². The van der Waals surface area contributed by atoms with Gasteiger partial charge in [-0.3, -0.25) is 14.2 Å². The molecule has 152 valence electrons. The van der Waals surface area contributed by atoms with Gasteiger partial charge in [-0.2, -0.15) is 0 Å². The summed E-state index contributed by atoms with van der Waals surface area (Å²) in [6.45, 7) is 0. The molecular formula is C22H19N3O3S2. The predicted molar refractivity (Wildman–Crippen MR) is 123 cm³/mol. The number of anilines is 1. The van der Waals surface area contributed by atoms with Gasteiger partial charge in [0.2, 0.25) is 5.91 Å². The molecule has 1 N–H and O–H groups in total. The monoisotopic (exact) mass is 437 g/mol. The third-order valence-electron chi connectivity index (χ3n) is 4.48. The average Bonchev–Trinajstić information content (AvgIpc) is 3.20. The van der Waals surface area contributed by atoms with Gasteiger partial charge in [0.15, 0.2) is 5.16 Å². The van der Waals surface area contributed by atoms with Crippen molar-refractivity contribution in [2.75, 3.05) is 18.2 Å². The first-order valence-corrected chi connectivity index (χ1v) is 11.0. The molecule has 0 aliphatic rings. The number of ether oxygens (including phenoxy) is 1. The molecule has 6 nitrogen and oxygen atoms in total. The number of carbonyl (C=O) groups is 1. The predicted octanol–water partition coefficient (Wildman–Crippen LogP) is 4.40. The van der Waals surface area contributed by atoms with Crippen molar-refractivity contribution in [1.29, 1.82) is 0 Å². The van der Waals surface area contributed by atoms with E-state index in [1.54, 1.807) is 26.3 Å². The molecule has 4 aromatic rings. The zero-order chi connectivity index (χ0) is 21.1. The summed E-state index contributed by atoms with van der Waals surface area (Å²) in [4.78, 5) is 31.5. The molecule has 0 saturated heterocycles. The van der Waals surface area contributed by atoms with Crippen molar-refractivity contribution in [1.82, 2.24) is 9.55 Å². The summed E-state index contributed by atoms with van der Waals surface area (Å²) >= 11 is 2.71. The number of methoxy groups -OCH3 is 1. The molecular weight excluding hydrogens is 418 g/mol. The summed E-state index contributed by atoms with van der Waals surface area (Å²) in [6.07, 6.45) is 0. The highest BCUT2D eigenvalue weighted by Crippen LogP contribution is 2.32. The van der Waals surface area contributed by atoms with Crippen LogP contribution in [0.2, 0.25) is 0 Å². The van der Waals surface area contributed by atoms with Gasteiger partial charge in [0.05, 0.1) is 18.2 Å². The zero-order valence-electron chi connectivity index (χ0n) is 16.4. The number of benzene rings is 2. The molecule has 0 unspecified atom stereocenters. The van der Waals surface area contributed by atoms with Crippen LogP contribution in [0.4, 0.5) is 5.69 Å². The molecule has 0 fully saturated rings. The Labute approximate surface area is 181 Å². The van der Waals surface area contributed by atoms with Crippen molar-refractivity contribution in [2.45, 2.75) is 5.16 Å². The average molecular weight is 438 g/mol. The molecule has 0 spiro atoms. The summed E-state index contributed by atoms with van der Waals surface area (Å²) in [5.74, 6) is 0.626. The highest BCUT2D eigenvalue weighted by Gasteiger charge is 2.14. The fourth-order valence-electron chi connectivity index (χ4n) is 2.95. The van der Waals surface area contributed by atoms with E-state index in [1.165, 1.54) is 27.7 Å². The first-order valence-electron chi connectivity index (χ1n) is 9.18. The molecule has 4 rings (SSSR count). The maximum absolute atomic E-state index is 12.8. The maximum atomic E-state index is 12.8. The number of aromatic nitrogens is 2. The molecule has 0 atom stereocenters. The lowest BCUT2D eigenvalue weighted by Crippen LogP contribution is -2.20. The first-order chi connectivity index (χ1) is 14.5. The van der Waals surface area contributed by atoms with Gasteiger partial charge in [0, 0.05) is 23.7 Å². The van der Waals surface area contributed by atoms with E-state index in [0.717, 1.165) is 10.4 Å². The van der Waals surface area contributed by atoms with Crippen molar-refractivity contribution >= 4 is 44.9 Å². The number of amides is 1. The van der Waals surface area contributed by atoms with Crippen LogP contribution < -0.4 is 15.6 Å². The number of carbonyl (C=O) groups excluding carboxylic acids is 1. The van der Waals surface area contributed by atoms with Gasteiger partial charge in [0.25, 0.3) is 5.56 Å². The van der Waals surface area contributed by atoms with Crippen LogP contribution in [0.5, 0.6) is 5.75 Å². The highest BCUT2D eigenvalue weighted by atomic mass is 32.2. The van der Waals surface area contributed by atoms with Crippen molar-refractivity contribution in [3.8, 4) is 16.2 Å². The van der Waals surface area contributed by atoms with Crippen LogP contribution in [0.3, 0.4) is 0 Å². The lowest BCUT2D eigenvalue weighted by Gasteiger charge is -2.08. The Morgan fingerprint density at radius 3 is 2.73 bits per heavy atom. The molecule has 0 saturated carbocycles. The number of hydrogen-bond donors (Lipinski definition) is 1. The van der Waals surface area contributed by atoms with Gasteiger partial charge < -0.3 is 10.1 Å². The van der Waals surface area contributed by atoms with Crippen molar-refractivity contribution < 1.29 is 9.53 Å². The number of hydrogen-bond acceptors (Lipinski definition) is 6. The van der Waals surface area contributed by atoms with E-state index in [0.29, 0.717) is 26.8 Å². The van der Waals surface area contributed by atoms with Gasteiger partial charge in [-0.1, -0.05) is 48.2 Å². The number of nitrogens with one attached hydrogen (secondary N) is 1. The first kappa shape index (κ1) is 20.2. The van der Waals surface area contributed by atoms with Gasteiger partial charge >= 0.3 is 0 Å². The van der Waals surface area contributed by atoms with Crippen LogP contribution in [-0.2, 0) is 11.8 Å². The fourth-order valence-corrected chi connectivity index (χ4v) is 4.80. The van der Waals surface area contributed by atoms with E-state index < -0.39 is 0 Å². The summed E-state index contributed by atoms with van der Waals surface area (Å²) < 4.78 is 6.66. The normalized spacial score (nSPS) is 10.9. The molecule has 30 heavy (non-hydrogen) atoms. The van der Waals surface area contributed by atoms with Crippen LogP contribution in [0.15, 0.2) is 70.6 Å². The molecule has 0 aliphatic heterocycles. The molecule has 0 bridgehead atoms. The summed E-state index contributed by atoms with van der Waals surface area (Å²) in [6, 6.07) is 18.9. The molecule has 2 aromatic heterocycles. The molecule has 1 amide bonds. The SMILES string of the molecule is COc1cccc(NC(=O)CSc2nc3sc(-c4ccccc4)cc3c(=O)n2C)c1. The Kier molecular flexibility index (Phi) is 5.87. The summed E-state index contributed by atoms with van der Waals surface area (Å²) in [5.41, 5.74) is 1.59. The molecule has 0 radical (unpaired) electrons. The third kappa shape index (κ3) is 4.24. The topological polar surface area (TPSA) is 73.2 Å². The number of fused-ring (bicyclic) bond motifs is 1. The van der Waals surface area contributed by atoms with Gasteiger partial charge in [-0.15, -0.1) is 11.3 Å². The third-order valence-corrected chi connectivity index (χ3v) is 6.58. The molecule has 2 aromatic carbocycles. The Hall–Kier alpha value is -3.10. The molecule has 0 aliphatic carbocycles. The minimum absolute atomic E-state index is 0.117. The summed E-state index contributed by atoms with van der Waals surface area (Å²) in [5, 5.41) is 3.93. The van der Waals surface area contributed by atoms with E-state index >= 15 is 0 Å². The summed E-state index contributed by atoms with van der Waals surface area (Å²) in [7, 11) is 3.25. The van der Waals surface area contributed by atoms with Crippen LogP contribution in [0.25, 0.3) is 20.7 Å². The Balaban J connectivity index is 1.53. The standard InChI is InChI=1S/C22H19N3O3S2/c1-25-21(27)17-12-18(14-7-4-3-5-8-14)30-20(17)24-22(25)29-13-19(26)23-15-9-6-10-16(11-15)28-2/h3-12H,13H2,1-2H3,(H,23,26). The zero-order valence-corrected chi connectivity index (χ0v) is 18.0.